The van der Waals surface area contributed by atoms with Gasteiger partial charge in [0.25, 0.3) is 0 Å². The second-order valence-corrected chi connectivity index (χ2v) is 9.56. The van der Waals surface area contributed by atoms with Gasteiger partial charge in [-0.05, 0) is 52.0 Å². The molecule has 0 radical (unpaired) electrons. The molecule has 5 heteroatoms. The fourth-order valence-electron chi connectivity index (χ4n) is 4.26. The quantitative estimate of drug-likeness (QED) is 0.315. The molecular weight excluding hydrogens is 396 g/mol. The maximum absolute atomic E-state index is 6.47. The summed E-state index contributed by atoms with van der Waals surface area (Å²) in [6.45, 7) is 17.8. The number of hydrogen-bond donors (Lipinski definition) is 3. The van der Waals surface area contributed by atoms with Gasteiger partial charge in [-0.2, -0.15) is 0 Å². The summed E-state index contributed by atoms with van der Waals surface area (Å²) >= 11 is 0. The number of nitrogens with one attached hydrogen (secondary N) is 3. The zero-order valence-electron chi connectivity index (χ0n) is 21.0. The average Bonchev–Trinajstić information content (AvgIpc) is 3.18. The summed E-state index contributed by atoms with van der Waals surface area (Å²) < 4.78 is 6.47. The molecule has 0 amide bonds. The van der Waals surface area contributed by atoms with Gasteiger partial charge in [-0.25, -0.2) is 11.1 Å². The Bertz CT molecular complexity index is 1030. The van der Waals surface area contributed by atoms with E-state index in [9.17, 15) is 0 Å². The minimum atomic E-state index is -0.240. The Morgan fingerprint density at radius 3 is 2.44 bits per heavy atom. The van der Waals surface area contributed by atoms with Crippen LogP contribution in [-0.4, -0.2) is 11.4 Å². The number of allylic oxidation sites excluding steroid dienone is 4. The lowest BCUT2D eigenvalue weighted by Crippen LogP contribution is -2.49. The Morgan fingerprint density at radius 1 is 1.19 bits per heavy atom. The first-order valence-electron chi connectivity index (χ1n) is 11.6. The van der Waals surface area contributed by atoms with Crippen LogP contribution in [0.4, 0.5) is 0 Å². The molecule has 1 atom stereocenters. The predicted molar refractivity (Wildman–Crippen MR) is 135 cm³/mol. The minimum Gasteiger partial charge on any atom is -0.460 e. The number of benzene rings is 1. The maximum Gasteiger partial charge on any atom is 0.137 e. The number of rotatable bonds is 6. The van der Waals surface area contributed by atoms with Crippen molar-refractivity contribution in [3.8, 4) is 0 Å². The molecule has 0 spiro atoms. The maximum atomic E-state index is 6.47. The molecule has 0 saturated carbocycles. The third kappa shape index (κ3) is 4.57. The first kappa shape index (κ1) is 25.6. The van der Waals surface area contributed by atoms with Crippen LogP contribution in [0, 0.1) is 17.0 Å². The molecule has 0 unspecified atom stereocenters. The Hall–Kier alpha value is -2.69. The molecular formula is C27H40N4O. The van der Waals surface area contributed by atoms with Crippen molar-refractivity contribution in [2.24, 2.45) is 10.9 Å². The van der Waals surface area contributed by atoms with Gasteiger partial charge in [-0.15, -0.1) is 0 Å². The van der Waals surface area contributed by atoms with E-state index in [0.29, 0.717) is 5.92 Å². The zero-order valence-corrected chi connectivity index (χ0v) is 21.0. The van der Waals surface area contributed by atoms with Gasteiger partial charge in [0, 0.05) is 16.5 Å². The van der Waals surface area contributed by atoms with Crippen molar-refractivity contribution in [3.63, 3.8) is 0 Å². The Kier molecular flexibility index (Phi) is 8.22. The lowest BCUT2D eigenvalue weighted by Gasteiger charge is -2.43. The third-order valence-corrected chi connectivity index (χ3v) is 7.20. The molecule has 32 heavy (non-hydrogen) atoms. The van der Waals surface area contributed by atoms with Crippen molar-refractivity contribution in [1.82, 2.24) is 5.32 Å². The minimum absolute atomic E-state index is 0.191. The van der Waals surface area contributed by atoms with E-state index in [2.05, 4.69) is 91.1 Å². The summed E-state index contributed by atoms with van der Waals surface area (Å²) in [6.07, 6.45) is 7.30. The van der Waals surface area contributed by atoms with Crippen LogP contribution in [0.2, 0.25) is 0 Å². The van der Waals surface area contributed by atoms with Crippen LogP contribution in [0.5, 0.6) is 0 Å². The van der Waals surface area contributed by atoms with Crippen LogP contribution >= 0.6 is 0 Å². The molecule has 1 aromatic carbocycles. The lowest BCUT2D eigenvalue weighted by atomic mass is 9.67. The van der Waals surface area contributed by atoms with Gasteiger partial charge in [-0.3, -0.25) is 4.99 Å². The largest absolute Gasteiger partial charge is 0.460 e. The number of furan rings is 1. The molecule has 0 fully saturated rings. The van der Waals surface area contributed by atoms with E-state index in [1.54, 1.807) is 0 Å². The molecule has 3 rings (SSSR count). The van der Waals surface area contributed by atoms with E-state index in [1.165, 1.54) is 11.3 Å². The van der Waals surface area contributed by atoms with Crippen molar-refractivity contribution in [2.45, 2.75) is 85.6 Å². The predicted octanol–water partition coefficient (Wildman–Crippen LogP) is 8.11. The number of aliphatic imine (C=N–C) groups is 1. The Morgan fingerprint density at radius 2 is 1.84 bits per heavy atom. The first-order valence-corrected chi connectivity index (χ1v) is 11.6. The smallest absolute Gasteiger partial charge is 0.137 e. The molecule has 1 aliphatic rings. The SMILES string of the molecule is C/C=C\CC/C(NC1=N[C@](C)(CC)C(C)(C)c2oc3ccccc3c21)=C(\C)C(C)C.N=N. The summed E-state index contributed by atoms with van der Waals surface area (Å²) in [5.74, 6) is 2.48. The normalized spacial score (nSPS) is 20.5. The molecule has 5 nitrogen and oxygen atoms in total. The highest BCUT2D eigenvalue weighted by molar-refractivity contribution is 6.12. The molecule has 1 aromatic heterocycles. The van der Waals surface area contributed by atoms with Gasteiger partial charge in [-0.1, -0.05) is 70.5 Å². The van der Waals surface area contributed by atoms with Crippen LogP contribution in [0.15, 0.2) is 57.1 Å². The monoisotopic (exact) mass is 436 g/mol. The number of nitrogens with zero attached hydrogens (tertiary/aromatic N) is 1. The van der Waals surface area contributed by atoms with Crippen LogP contribution in [-0.2, 0) is 5.41 Å². The third-order valence-electron chi connectivity index (χ3n) is 7.20. The second-order valence-electron chi connectivity index (χ2n) is 9.56. The second kappa shape index (κ2) is 10.3. The fourth-order valence-corrected chi connectivity index (χ4v) is 4.26. The van der Waals surface area contributed by atoms with E-state index < -0.39 is 0 Å². The molecule has 0 saturated heterocycles. The van der Waals surface area contributed by atoms with Crippen molar-refractivity contribution >= 4 is 16.8 Å². The highest BCUT2D eigenvalue weighted by Gasteiger charge is 2.49. The molecule has 0 aliphatic carbocycles. The topological polar surface area (TPSA) is 85.2 Å². The summed E-state index contributed by atoms with van der Waals surface area (Å²) in [7, 11) is 0. The van der Waals surface area contributed by atoms with Crippen LogP contribution in [0.25, 0.3) is 11.0 Å². The highest BCUT2D eigenvalue weighted by Crippen LogP contribution is 2.47. The lowest BCUT2D eigenvalue weighted by molar-refractivity contribution is 0.230. The molecule has 1 aliphatic heterocycles. The van der Waals surface area contributed by atoms with E-state index in [-0.39, 0.29) is 11.0 Å². The molecule has 3 N–H and O–H groups in total. The number of hydrogen-bond acceptors (Lipinski definition) is 5. The van der Waals surface area contributed by atoms with Crippen molar-refractivity contribution in [2.75, 3.05) is 0 Å². The van der Waals surface area contributed by atoms with Gasteiger partial charge < -0.3 is 9.73 Å². The standard InChI is InChI=1S/C27H38N2O.H2N2/c1-9-11-12-16-21(19(5)18(3)4)28-25-23-20-15-13-14-17-22(20)30-24(23)26(6,7)27(8,10-2)29-25;1-2/h9,11,13-15,17-18H,10,12,16H2,1-8H3,(H,28,29);1-2H/b11-9-,21-19-;/t27-;/m1./s1. The number of fused-ring (bicyclic) bond motifs is 3. The van der Waals surface area contributed by atoms with Gasteiger partial charge in [0.15, 0.2) is 0 Å². The van der Waals surface area contributed by atoms with Gasteiger partial charge in [0.2, 0.25) is 0 Å². The summed E-state index contributed by atoms with van der Waals surface area (Å²) in [5, 5.41) is 4.93. The van der Waals surface area contributed by atoms with Crippen molar-refractivity contribution in [1.29, 1.82) is 11.1 Å². The van der Waals surface area contributed by atoms with E-state index >= 15 is 0 Å². The molecule has 2 aromatic rings. The fraction of sp³-hybridized carbons (Fsp3) is 0.519. The van der Waals surface area contributed by atoms with Gasteiger partial charge >= 0.3 is 0 Å². The van der Waals surface area contributed by atoms with Crippen LogP contribution in [0.1, 0.15) is 86.0 Å². The molecule has 174 valence electrons. The summed E-state index contributed by atoms with van der Waals surface area (Å²) in [6, 6.07) is 8.34. The van der Waals surface area contributed by atoms with Crippen molar-refractivity contribution in [3.05, 3.63) is 59.0 Å². The highest BCUT2D eigenvalue weighted by atomic mass is 16.3. The van der Waals surface area contributed by atoms with Crippen LogP contribution < -0.4 is 5.32 Å². The van der Waals surface area contributed by atoms with Crippen LogP contribution in [0.3, 0.4) is 0 Å². The van der Waals surface area contributed by atoms with E-state index in [4.69, 9.17) is 20.5 Å². The van der Waals surface area contributed by atoms with E-state index in [0.717, 1.165) is 47.4 Å². The average molecular weight is 437 g/mol. The first-order chi connectivity index (χ1) is 15.2. The van der Waals surface area contributed by atoms with E-state index in [1.807, 2.05) is 6.07 Å². The Balaban J connectivity index is 0.00000176. The Labute approximate surface area is 193 Å². The molecule has 0 bridgehead atoms. The van der Waals surface area contributed by atoms with Gasteiger partial charge in [0.05, 0.1) is 11.1 Å². The summed E-state index contributed by atoms with van der Waals surface area (Å²) in [5.41, 5.74) is 14.3. The van der Waals surface area contributed by atoms with Gasteiger partial charge in [0.1, 0.15) is 17.2 Å². The van der Waals surface area contributed by atoms with Crippen molar-refractivity contribution < 1.29 is 4.42 Å². The zero-order chi connectivity index (χ0) is 24.1. The number of amidine groups is 1. The molecule has 2 heterocycles. The number of para-hydroxylation sites is 1. The summed E-state index contributed by atoms with van der Waals surface area (Å²) in [4.78, 5) is 5.35.